The highest BCUT2D eigenvalue weighted by Crippen LogP contribution is 2.13. The summed E-state index contributed by atoms with van der Waals surface area (Å²) in [6.45, 7) is 0. The molecule has 0 spiro atoms. The summed E-state index contributed by atoms with van der Waals surface area (Å²) < 4.78 is 15.2. The van der Waals surface area contributed by atoms with Crippen LogP contribution in [0.25, 0.3) is 0 Å². The quantitative estimate of drug-likeness (QED) is 0.895. The first-order valence-corrected chi connectivity index (χ1v) is 5.56. The van der Waals surface area contributed by atoms with Crippen LogP contribution in [-0.4, -0.2) is 9.55 Å². The van der Waals surface area contributed by atoms with E-state index in [1.165, 1.54) is 12.1 Å². The van der Waals surface area contributed by atoms with Crippen LogP contribution in [0.2, 0.25) is 0 Å². The maximum atomic E-state index is 13.4. The monoisotopic (exact) mass is 244 g/mol. The molecule has 0 radical (unpaired) electrons. The van der Waals surface area contributed by atoms with Gasteiger partial charge in [0.25, 0.3) is 0 Å². The van der Waals surface area contributed by atoms with Gasteiger partial charge in [-0.05, 0) is 30.5 Å². The third-order valence-corrected chi connectivity index (χ3v) is 2.94. The van der Waals surface area contributed by atoms with Gasteiger partial charge < -0.3 is 10.3 Å². The van der Waals surface area contributed by atoms with Crippen molar-refractivity contribution < 1.29 is 4.39 Å². The van der Waals surface area contributed by atoms with Crippen molar-refractivity contribution in [2.24, 2.45) is 7.05 Å². The lowest BCUT2D eigenvalue weighted by atomic mass is 10.1. The molecule has 0 bridgehead atoms. The predicted molar refractivity (Wildman–Crippen MR) is 66.1 cm³/mol. The number of nitrogen functional groups attached to an aromatic ring is 1. The van der Waals surface area contributed by atoms with Gasteiger partial charge in [-0.1, -0.05) is 6.07 Å². The number of imidazole rings is 1. The Kier molecular flexibility index (Phi) is 3.28. The van der Waals surface area contributed by atoms with Gasteiger partial charge in [0.15, 0.2) is 5.95 Å². The minimum atomic E-state index is -0.473. The van der Waals surface area contributed by atoms with E-state index < -0.39 is 5.82 Å². The normalized spacial score (nSPS) is 10.3. The number of benzene rings is 1. The first kappa shape index (κ1) is 12.1. The van der Waals surface area contributed by atoms with Crippen LogP contribution in [-0.2, 0) is 19.9 Å². The topological polar surface area (TPSA) is 67.6 Å². The zero-order valence-electron chi connectivity index (χ0n) is 10.0. The number of nitrogens with two attached hydrogens (primary N) is 1. The van der Waals surface area contributed by atoms with E-state index in [1.807, 2.05) is 7.05 Å². The number of halogens is 1. The molecule has 0 atom stereocenters. The number of hydrogen-bond acceptors (Lipinski definition) is 3. The molecule has 0 saturated carbocycles. The van der Waals surface area contributed by atoms with E-state index in [0.717, 1.165) is 17.7 Å². The maximum absolute atomic E-state index is 13.4. The average Bonchev–Trinajstić information content (AvgIpc) is 2.68. The fourth-order valence-electron chi connectivity index (χ4n) is 1.77. The lowest BCUT2D eigenvalue weighted by Gasteiger charge is -2.04. The maximum Gasteiger partial charge on any atom is 0.200 e. The number of rotatable bonds is 3. The van der Waals surface area contributed by atoms with Gasteiger partial charge in [0.05, 0.1) is 11.8 Å². The van der Waals surface area contributed by atoms with Crippen LogP contribution in [0.3, 0.4) is 0 Å². The third kappa shape index (κ3) is 2.33. The average molecular weight is 244 g/mol. The van der Waals surface area contributed by atoms with Crippen molar-refractivity contribution in [2.75, 3.05) is 5.73 Å². The third-order valence-electron chi connectivity index (χ3n) is 2.94. The highest BCUT2D eigenvalue weighted by molar-refractivity contribution is 5.33. The van der Waals surface area contributed by atoms with E-state index in [9.17, 15) is 4.39 Å². The van der Waals surface area contributed by atoms with Gasteiger partial charge in [0, 0.05) is 12.7 Å². The number of aryl methyl sites for hydroxylation is 2. The van der Waals surface area contributed by atoms with Crippen LogP contribution in [0.15, 0.2) is 24.4 Å². The Bertz CT molecular complexity index is 610. The van der Waals surface area contributed by atoms with Crippen LogP contribution < -0.4 is 5.73 Å². The number of nitrogens with zero attached hydrogens (tertiary/aromatic N) is 3. The van der Waals surface area contributed by atoms with Crippen LogP contribution in [0, 0.1) is 17.1 Å². The largest absolute Gasteiger partial charge is 0.369 e. The number of nitriles is 1. The molecule has 1 heterocycles. The Balaban J connectivity index is 2.09. The summed E-state index contributed by atoms with van der Waals surface area (Å²) in [5.74, 6) is -0.00414. The van der Waals surface area contributed by atoms with E-state index in [4.69, 9.17) is 11.0 Å². The van der Waals surface area contributed by atoms with Gasteiger partial charge in [-0.2, -0.15) is 5.26 Å². The molecule has 0 saturated heterocycles. The zero-order valence-corrected chi connectivity index (χ0v) is 10.0. The second-order valence-electron chi connectivity index (χ2n) is 4.09. The van der Waals surface area contributed by atoms with E-state index in [1.54, 1.807) is 22.9 Å². The van der Waals surface area contributed by atoms with Gasteiger partial charge in [0.1, 0.15) is 11.9 Å². The molecule has 2 rings (SSSR count). The van der Waals surface area contributed by atoms with E-state index in [2.05, 4.69) is 4.98 Å². The summed E-state index contributed by atoms with van der Waals surface area (Å²) in [7, 11) is 1.84. The van der Waals surface area contributed by atoms with Crippen molar-refractivity contribution in [3.8, 4) is 6.07 Å². The Hall–Kier alpha value is -2.35. The fraction of sp³-hybridized carbons (Fsp3) is 0.231. The van der Waals surface area contributed by atoms with Gasteiger partial charge in [-0.3, -0.25) is 0 Å². The molecule has 1 aromatic heterocycles. The molecule has 0 amide bonds. The number of aromatic nitrogens is 2. The van der Waals surface area contributed by atoms with Crippen molar-refractivity contribution in [2.45, 2.75) is 12.8 Å². The standard InChI is InChI=1S/C13H13FN4/c1-18-11(8-17-13(18)16)5-3-9-2-4-10(7-15)12(14)6-9/h2,4,6,8H,3,5H2,1H3,(H2,16,17). The van der Waals surface area contributed by atoms with Crippen molar-refractivity contribution in [3.05, 3.63) is 47.0 Å². The molecule has 2 N–H and O–H groups in total. The van der Waals surface area contributed by atoms with Crippen LogP contribution >= 0.6 is 0 Å². The smallest absolute Gasteiger partial charge is 0.200 e. The van der Waals surface area contributed by atoms with Crippen molar-refractivity contribution in [1.29, 1.82) is 5.26 Å². The van der Waals surface area contributed by atoms with Gasteiger partial charge in [0.2, 0.25) is 0 Å². The molecule has 0 fully saturated rings. The summed E-state index contributed by atoms with van der Waals surface area (Å²) in [5.41, 5.74) is 7.55. The molecule has 18 heavy (non-hydrogen) atoms. The first-order valence-electron chi connectivity index (χ1n) is 5.56. The summed E-state index contributed by atoms with van der Waals surface area (Å²) in [6, 6.07) is 6.47. The highest BCUT2D eigenvalue weighted by Gasteiger charge is 2.06. The van der Waals surface area contributed by atoms with Crippen LogP contribution in [0.1, 0.15) is 16.8 Å². The Morgan fingerprint density at radius 3 is 2.78 bits per heavy atom. The highest BCUT2D eigenvalue weighted by atomic mass is 19.1. The summed E-state index contributed by atoms with van der Waals surface area (Å²) in [5, 5.41) is 8.64. The predicted octanol–water partition coefficient (Wildman–Crippen LogP) is 1.80. The Morgan fingerprint density at radius 2 is 2.22 bits per heavy atom. The summed E-state index contributed by atoms with van der Waals surface area (Å²) in [4.78, 5) is 4.00. The Morgan fingerprint density at radius 1 is 1.44 bits per heavy atom. The lowest BCUT2D eigenvalue weighted by Crippen LogP contribution is -2.03. The molecular formula is C13H13FN4. The van der Waals surface area contributed by atoms with Gasteiger partial charge in [-0.25, -0.2) is 9.37 Å². The molecule has 1 aromatic carbocycles. The van der Waals surface area contributed by atoms with Crippen molar-refractivity contribution in [1.82, 2.24) is 9.55 Å². The number of anilines is 1. The minimum Gasteiger partial charge on any atom is -0.369 e. The van der Waals surface area contributed by atoms with E-state index in [-0.39, 0.29) is 5.56 Å². The summed E-state index contributed by atoms with van der Waals surface area (Å²) in [6.07, 6.45) is 3.13. The lowest BCUT2D eigenvalue weighted by molar-refractivity contribution is 0.621. The minimum absolute atomic E-state index is 0.0727. The zero-order chi connectivity index (χ0) is 13.1. The summed E-state index contributed by atoms with van der Waals surface area (Å²) >= 11 is 0. The van der Waals surface area contributed by atoms with Crippen molar-refractivity contribution in [3.63, 3.8) is 0 Å². The van der Waals surface area contributed by atoms with Crippen LogP contribution in [0.5, 0.6) is 0 Å². The molecule has 4 nitrogen and oxygen atoms in total. The van der Waals surface area contributed by atoms with Gasteiger partial charge >= 0.3 is 0 Å². The molecule has 0 aliphatic rings. The molecule has 5 heteroatoms. The molecule has 0 aliphatic carbocycles. The van der Waals surface area contributed by atoms with Crippen LogP contribution in [0.4, 0.5) is 10.3 Å². The van der Waals surface area contributed by atoms with E-state index in [0.29, 0.717) is 12.4 Å². The number of hydrogen-bond donors (Lipinski definition) is 1. The fourth-order valence-corrected chi connectivity index (χ4v) is 1.77. The molecule has 92 valence electrons. The van der Waals surface area contributed by atoms with Gasteiger partial charge in [-0.15, -0.1) is 0 Å². The molecule has 0 unspecified atom stereocenters. The molecular weight excluding hydrogens is 231 g/mol. The van der Waals surface area contributed by atoms with E-state index >= 15 is 0 Å². The first-order chi connectivity index (χ1) is 8.61. The van der Waals surface area contributed by atoms with Crippen molar-refractivity contribution >= 4 is 5.95 Å². The molecule has 2 aromatic rings. The second kappa shape index (κ2) is 4.88. The Labute approximate surface area is 104 Å². The molecule has 0 aliphatic heterocycles. The SMILES string of the molecule is Cn1c(CCc2ccc(C#N)c(F)c2)cnc1N. The second-order valence-corrected chi connectivity index (χ2v) is 4.09.